The van der Waals surface area contributed by atoms with Crippen molar-refractivity contribution >= 4 is 44.8 Å². The van der Waals surface area contributed by atoms with Gasteiger partial charge >= 0.3 is 0 Å². The van der Waals surface area contributed by atoms with E-state index in [4.69, 9.17) is 16.3 Å². The number of fused-ring (bicyclic) bond motifs is 1. The minimum Gasteiger partial charge on any atom is -0.482 e. The van der Waals surface area contributed by atoms with E-state index < -0.39 is 22.0 Å². The summed E-state index contributed by atoms with van der Waals surface area (Å²) in [7, 11) is -3.94. The summed E-state index contributed by atoms with van der Waals surface area (Å²) < 4.78 is 32.9. The third-order valence-corrected chi connectivity index (χ3v) is 6.93. The molecule has 2 aromatic carbocycles. The van der Waals surface area contributed by atoms with Crippen LogP contribution in [-0.4, -0.2) is 43.7 Å². The predicted molar refractivity (Wildman–Crippen MR) is 108 cm³/mol. The Morgan fingerprint density at radius 3 is 2.86 bits per heavy atom. The predicted octanol–water partition coefficient (Wildman–Crippen LogP) is 2.46. The van der Waals surface area contributed by atoms with Crippen LogP contribution in [0.1, 0.15) is 12.8 Å². The number of rotatable bonds is 4. The van der Waals surface area contributed by atoms with Crippen molar-refractivity contribution in [3.05, 3.63) is 47.5 Å². The zero-order valence-corrected chi connectivity index (χ0v) is 16.8. The van der Waals surface area contributed by atoms with E-state index >= 15 is 0 Å². The lowest BCUT2D eigenvalue weighted by Gasteiger charge is -2.24. The fourth-order valence-corrected chi connectivity index (χ4v) is 5.31. The SMILES string of the molecule is O=C1COc2ccc(S(=O)(=O)N3CCC[C@H]3C(=O)Nc3cccc(Cl)c3)cc2N1. The van der Waals surface area contributed by atoms with Crippen LogP contribution >= 0.6 is 11.6 Å². The molecule has 1 atom stereocenters. The fraction of sp³-hybridized carbons (Fsp3) is 0.263. The monoisotopic (exact) mass is 435 g/mol. The average molecular weight is 436 g/mol. The van der Waals surface area contributed by atoms with Gasteiger partial charge in [0.2, 0.25) is 15.9 Å². The summed E-state index contributed by atoms with van der Waals surface area (Å²) in [6.07, 6.45) is 0.980. The van der Waals surface area contributed by atoms with Crippen molar-refractivity contribution in [3.63, 3.8) is 0 Å². The number of nitrogens with one attached hydrogen (secondary N) is 2. The first-order valence-corrected chi connectivity index (χ1v) is 10.8. The molecule has 0 spiro atoms. The van der Waals surface area contributed by atoms with Gasteiger partial charge in [-0.05, 0) is 49.2 Å². The van der Waals surface area contributed by atoms with Gasteiger partial charge in [0.1, 0.15) is 11.8 Å². The van der Waals surface area contributed by atoms with Gasteiger partial charge in [0.25, 0.3) is 5.91 Å². The van der Waals surface area contributed by atoms with E-state index in [0.717, 1.165) is 0 Å². The number of anilines is 2. The number of sulfonamides is 1. The van der Waals surface area contributed by atoms with E-state index in [1.165, 1.54) is 22.5 Å². The van der Waals surface area contributed by atoms with Crippen molar-refractivity contribution in [3.8, 4) is 5.75 Å². The topological polar surface area (TPSA) is 105 Å². The molecule has 8 nitrogen and oxygen atoms in total. The van der Waals surface area contributed by atoms with Crippen molar-refractivity contribution in [2.24, 2.45) is 0 Å². The number of ether oxygens (including phenoxy) is 1. The Balaban J connectivity index is 1.58. The van der Waals surface area contributed by atoms with Crippen LogP contribution in [0.2, 0.25) is 5.02 Å². The molecule has 4 rings (SSSR count). The number of benzene rings is 2. The van der Waals surface area contributed by atoms with Crippen LogP contribution in [0.3, 0.4) is 0 Å². The van der Waals surface area contributed by atoms with Crippen LogP contribution in [0.4, 0.5) is 11.4 Å². The molecule has 152 valence electrons. The molecule has 2 N–H and O–H groups in total. The quantitative estimate of drug-likeness (QED) is 0.767. The van der Waals surface area contributed by atoms with Crippen molar-refractivity contribution in [1.82, 2.24) is 4.31 Å². The molecule has 29 heavy (non-hydrogen) atoms. The minimum absolute atomic E-state index is 0.00972. The summed E-state index contributed by atoms with van der Waals surface area (Å²) in [5, 5.41) is 5.79. The second-order valence-corrected chi connectivity index (χ2v) is 9.10. The summed E-state index contributed by atoms with van der Waals surface area (Å²) in [4.78, 5) is 24.3. The number of halogens is 1. The van der Waals surface area contributed by atoms with Crippen LogP contribution in [0, 0.1) is 0 Å². The summed E-state index contributed by atoms with van der Waals surface area (Å²) in [6.45, 7) is 0.118. The molecule has 2 aliphatic heterocycles. The Labute approximate surface area is 172 Å². The highest BCUT2D eigenvalue weighted by Crippen LogP contribution is 2.33. The number of amides is 2. The first kappa shape index (κ1) is 19.7. The lowest BCUT2D eigenvalue weighted by Crippen LogP contribution is -2.43. The molecule has 2 aromatic rings. The van der Waals surface area contributed by atoms with Gasteiger partial charge in [-0.2, -0.15) is 4.31 Å². The van der Waals surface area contributed by atoms with Gasteiger partial charge < -0.3 is 15.4 Å². The normalized spacial score (nSPS) is 19.2. The Bertz CT molecular complexity index is 1090. The molecule has 2 heterocycles. The molecular formula is C19H18ClN3O5S. The van der Waals surface area contributed by atoms with Crippen molar-refractivity contribution in [2.45, 2.75) is 23.8 Å². The van der Waals surface area contributed by atoms with Crippen LogP contribution in [0.15, 0.2) is 47.4 Å². The summed E-state index contributed by atoms with van der Waals surface area (Å²) >= 11 is 5.94. The van der Waals surface area contributed by atoms with Gasteiger partial charge in [-0.3, -0.25) is 9.59 Å². The molecule has 0 aliphatic carbocycles. The lowest BCUT2D eigenvalue weighted by molar-refractivity contribution is -0.119. The number of carbonyl (C=O) groups is 2. The highest BCUT2D eigenvalue weighted by Gasteiger charge is 2.40. The number of nitrogens with zero attached hydrogens (tertiary/aromatic N) is 1. The third kappa shape index (κ3) is 3.93. The maximum atomic E-state index is 13.2. The number of hydrogen-bond donors (Lipinski definition) is 2. The van der Waals surface area contributed by atoms with E-state index in [9.17, 15) is 18.0 Å². The van der Waals surface area contributed by atoms with Gasteiger partial charge in [0, 0.05) is 17.3 Å². The largest absolute Gasteiger partial charge is 0.482 e. The zero-order valence-electron chi connectivity index (χ0n) is 15.2. The van der Waals surface area contributed by atoms with E-state index in [0.29, 0.717) is 35.0 Å². The van der Waals surface area contributed by atoms with Crippen molar-refractivity contribution in [1.29, 1.82) is 0 Å². The molecule has 1 fully saturated rings. The Morgan fingerprint density at radius 2 is 2.07 bits per heavy atom. The highest BCUT2D eigenvalue weighted by atomic mass is 35.5. The lowest BCUT2D eigenvalue weighted by atomic mass is 10.2. The van der Waals surface area contributed by atoms with E-state index in [2.05, 4.69) is 10.6 Å². The molecule has 0 radical (unpaired) electrons. The summed E-state index contributed by atoms with van der Waals surface area (Å²) in [5.41, 5.74) is 0.793. The van der Waals surface area contributed by atoms with Gasteiger partial charge in [-0.15, -0.1) is 0 Å². The van der Waals surface area contributed by atoms with Gasteiger partial charge in [0.15, 0.2) is 6.61 Å². The summed E-state index contributed by atoms with van der Waals surface area (Å²) in [5.74, 6) is -0.366. The second-order valence-electron chi connectivity index (χ2n) is 6.77. The first-order chi connectivity index (χ1) is 13.8. The molecule has 1 saturated heterocycles. The zero-order chi connectivity index (χ0) is 20.6. The Morgan fingerprint density at radius 1 is 1.24 bits per heavy atom. The smallest absolute Gasteiger partial charge is 0.262 e. The molecule has 2 aliphatic rings. The first-order valence-electron chi connectivity index (χ1n) is 8.99. The molecule has 0 saturated carbocycles. The van der Waals surface area contributed by atoms with Gasteiger partial charge in [-0.25, -0.2) is 8.42 Å². The average Bonchev–Trinajstić information content (AvgIpc) is 3.18. The Kier molecular flexibility index (Phi) is 5.20. The molecule has 2 amide bonds. The minimum atomic E-state index is -3.94. The van der Waals surface area contributed by atoms with E-state index in [-0.39, 0.29) is 24.0 Å². The highest BCUT2D eigenvalue weighted by molar-refractivity contribution is 7.89. The van der Waals surface area contributed by atoms with E-state index in [1.54, 1.807) is 24.3 Å². The van der Waals surface area contributed by atoms with Crippen molar-refractivity contribution < 1.29 is 22.7 Å². The van der Waals surface area contributed by atoms with Gasteiger partial charge in [0.05, 0.1) is 10.6 Å². The maximum Gasteiger partial charge on any atom is 0.262 e. The van der Waals surface area contributed by atoms with Crippen LogP contribution < -0.4 is 15.4 Å². The maximum absolute atomic E-state index is 13.2. The van der Waals surface area contributed by atoms with Crippen LogP contribution in [-0.2, 0) is 19.6 Å². The summed E-state index contributed by atoms with van der Waals surface area (Å²) in [6, 6.07) is 10.1. The number of carbonyl (C=O) groups excluding carboxylic acids is 2. The molecule has 0 bridgehead atoms. The third-order valence-electron chi connectivity index (χ3n) is 4.79. The van der Waals surface area contributed by atoms with Crippen molar-refractivity contribution in [2.75, 3.05) is 23.8 Å². The number of hydrogen-bond acceptors (Lipinski definition) is 5. The van der Waals surface area contributed by atoms with E-state index in [1.807, 2.05) is 0 Å². The second kappa shape index (κ2) is 7.66. The van der Waals surface area contributed by atoms with Crippen LogP contribution in [0.25, 0.3) is 0 Å². The molecule has 0 unspecified atom stereocenters. The molecular weight excluding hydrogens is 418 g/mol. The molecule has 0 aromatic heterocycles. The fourth-order valence-electron chi connectivity index (χ4n) is 3.44. The van der Waals surface area contributed by atoms with Crippen LogP contribution in [0.5, 0.6) is 5.75 Å². The van der Waals surface area contributed by atoms with Gasteiger partial charge in [-0.1, -0.05) is 17.7 Å². The molecule has 10 heteroatoms. The Hall–Kier alpha value is -2.62. The standard InChI is InChI=1S/C19H18ClN3O5S/c20-12-3-1-4-13(9-12)21-19(25)16-5-2-8-23(16)29(26,27)14-6-7-17-15(10-14)22-18(24)11-28-17/h1,3-4,6-7,9-10,16H,2,5,8,11H2,(H,21,25)(H,22,24)/t16-/m0/s1.